The molecular weight excluding hydrogens is 521 g/mol. The highest BCUT2D eigenvalue weighted by Gasteiger charge is 2.28. The predicted octanol–water partition coefficient (Wildman–Crippen LogP) is 3.84. The van der Waals surface area contributed by atoms with E-state index < -0.39 is -0.565 Å². The summed E-state index contributed by atoms with van der Waals surface area (Å²) in [6.45, 7) is 0. The number of benzene rings is 1. The molecule has 14 heavy (non-hydrogen) atoms. The molecule has 0 radical (unpaired) electrons. The van der Waals surface area contributed by atoms with Crippen LogP contribution >= 0.6 is 67.8 Å². The van der Waals surface area contributed by atoms with Crippen LogP contribution < -0.4 is 4.74 Å². The molecule has 0 aliphatic heterocycles. The Bertz CT molecular complexity index is 327. The first-order chi connectivity index (χ1) is 6.45. The third-order valence-corrected chi connectivity index (χ3v) is 3.08. The van der Waals surface area contributed by atoms with Gasteiger partial charge in [-0.15, -0.1) is 0 Å². The molecule has 0 aliphatic rings. The van der Waals surface area contributed by atoms with E-state index in [2.05, 4.69) is 67.8 Å². The molecular formula is C9H7I3O2. The molecule has 2 nitrogen and oxygen atoms in total. The number of carbonyl (C=O) groups excluding carboxylic acids is 1. The smallest absolute Gasteiger partial charge is 0.198 e. The van der Waals surface area contributed by atoms with Gasteiger partial charge in [0.05, 0.1) is 7.11 Å². The third kappa shape index (κ3) is 3.47. The summed E-state index contributed by atoms with van der Waals surface area (Å²) in [7, 11) is 1.61. The second-order valence-corrected chi connectivity index (χ2v) is 13.6. The lowest BCUT2D eigenvalue weighted by atomic mass is 10.1. The first-order valence-electron chi connectivity index (χ1n) is 3.70. The molecule has 0 aliphatic carbocycles. The summed E-state index contributed by atoms with van der Waals surface area (Å²) in [6.07, 6.45) is 0. The predicted molar refractivity (Wildman–Crippen MR) is 82.1 cm³/mol. The number of ether oxygens (including phenoxy) is 1. The monoisotopic (exact) mass is 528 g/mol. The maximum absolute atomic E-state index is 11.8. The highest BCUT2D eigenvalue weighted by molar-refractivity contribution is 14.3. The van der Waals surface area contributed by atoms with Gasteiger partial charge in [-0.2, -0.15) is 0 Å². The lowest BCUT2D eigenvalue weighted by Crippen LogP contribution is -2.16. The Labute approximate surface area is 124 Å². The van der Waals surface area contributed by atoms with Gasteiger partial charge in [-0.25, -0.2) is 0 Å². The summed E-state index contributed by atoms with van der Waals surface area (Å²) in [5.41, 5.74) is 0.712. The summed E-state index contributed by atoms with van der Waals surface area (Å²) < 4.78 is 4.60. The van der Waals surface area contributed by atoms with Crippen molar-refractivity contribution in [2.75, 3.05) is 7.11 Å². The van der Waals surface area contributed by atoms with E-state index in [0.29, 0.717) is 5.56 Å². The van der Waals surface area contributed by atoms with Gasteiger partial charge >= 0.3 is 0 Å². The van der Waals surface area contributed by atoms with E-state index in [-0.39, 0.29) is 5.78 Å². The zero-order valence-corrected chi connectivity index (χ0v) is 13.7. The minimum absolute atomic E-state index is 0.113. The molecule has 0 unspecified atom stereocenters. The number of Topliss-reactive ketones (excluding diaryl/α,β-unsaturated/α-hetero) is 1. The number of halogens is 3. The van der Waals surface area contributed by atoms with Crippen LogP contribution in [0.15, 0.2) is 24.3 Å². The Morgan fingerprint density at radius 2 is 1.71 bits per heavy atom. The fourth-order valence-electron chi connectivity index (χ4n) is 0.906. The van der Waals surface area contributed by atoms with Crippen LogP contribution in [0.3, 0.4) is 0 Å². The molecule has 0 saturated carbocycles. The normalized spacial score (nSPS) is 11.1. The molecule has 0 aromatic heterocycles. The van der Waals surface area contributed by atoms with E-state index in [1.807, 2.05) is 0 Å². The number of alkyl halides is 3. The van der Waals surface area contributed by atoms with Gasteiger partial charge in [0.25, 0.3) is 0 Å². The third-order valence-electron chi connectivity index (χ3n) is 1.61. The van der Waals surface area contributed by atoms with Crippen molar-refractivity contribution in [1.82, 2.24) is 0 Å². The largest absolute Gasteiger partial charge is 0.497 e. The molecule has 1 aromatic carbocycles. The lowest BCUT2D eigenvalue weighted by Gasteiger charge is -2.10. The van der Waals surface area contributed by atoms with Crippen LogP contribution in [0.25, 0.3) is 0 Å². The summed E-state index contributed by atoms with van der Waals surface area (Å²) >= 11 is 6.35. The van der Waals surface area contributed by atoms with Crippen molar-refractivity contribution in [3.8, 4) is 5.75 Å². The summed E-state index contributed by atoms with van der Waals surface area (Å²) in [5, 5.41) is 0. The standard InChI is InChI=1S/C9H7I3O2/c1-14-7-4-2-6(3-5-7)8(13)9(10,11)12/h2-5H,1H3. The van der Waals surface area contributed by atoms with E-state index in [1.165, 1.54) is 0 Å². The number of hydrogen-bond donors (Lipinski definition) is 0. The van der Waals surface area contributed by atoms with Gasteiger partial charge in [0.15, 0.2) is 5.22 Å². The van der Waals surface area contributed by atoms with Gasteiger partial charge in [-0.1, -0.05) is 0 Å². The number of hydrogen-bond acceptors (Lipinski definition) is 2. The molecule has 0 amide bonds. The second kappa shape index (κ2) is 5.28. The molecule has 76 valence electrons. The number of carbonyl (C=O) groups is 1. The summed E-state index contributed by atoms with van der Waals surface area (Å²) in [4.78, 5) is 11.8. The highest BCUT2D eigenvalue weighted by Crippen LogP contribution is 2.38. The minimum atomic E-state index is -0.415. The number of ketones is 1. The van der Waals surface area contributed by atoms with Crippen molar-refractivity contribution >= 4 is 73.6 Å². The van der Waals surface area contributed by atoms with Crippen LogP contribution in [0.2, 0.25) is 0 Å². The fraction of sp³-hybridized carbons (Fsp3) is 0.222. The first-order valence-corrected chi connectivity index (χ1v) is 6.94. The van der Waals surface area contributed by atoms with Crippen molar-refractivity contribution < 1.29 is 9.53 Å². The number of rotatable bonds is 3. The lowest BCUT2D eigenvalue weighted by molar-refractivity contribution is 0.101. The van der Waals surface area contributed by atoms with Crippen LogP contribution in [0, 0.1) is 0 Å². The van der Waals surface area contributed by atoms with Gasteiger partial charge in [-0.3, -0.25) is 4.79 Å². The topological polar surface area (TPSA) is 26.3 Å². The summed E-state index contributed by atoms with van der Waals surface area (Å²) in [6, 6.07) is 7.16. The maximum atomic E-state index is 11.8. The molecule has 0 saturated heterocycles. The molecule has 1 rings (SSSR count). The van der Waals surface area contributed by atoms with E-state index >= 15 is 0 Å². The zero-order chi connectivity index (χ0) is 10.8. The van der Waals surface area contributed by atoms with Crippen LogP contribution in [0.1, 0.15) is 10.4 Å². The van der Waals surface area contributed by atoms with Crippen LogP contribution in [-0.4, -0.2) is 12.3 Å². The average Bonchev–Trinajstić information content (AvgIpc) is 2.15. The van der Waals surface area contributed by atoms with Crippen molar-refractivity contribution in [2.45, 2.75) is -0.565 Å². The highest BCUT2D eigenvalue weighted by atomic mass is 127. The molecule has 0 spiro atoms. The Morgan fingerprint density at radius 3 is 2.07 bits per heavy atom. The van der Waals surface area contributed by atoms with Gasteiger partial charge in [-0.05, 0) is 92.0 Å². The van der Waals surface area contributed by atoms with Crippen molar-refractivity contribution in [3.63, 3.8) is 0 Å². The Kier molecular flexibility index (Phi) is 4.88. The minimum Gasteiger partial charge on any atom is -0.497 e. The SMILES string of the molecule is COc1ccc(C(=O)C(I)(I)I)cc1. The molecule has 0 heterocycles. The Morgan fingerprint density at radius 1 is 1.21 bits per heavy atom. The Hall–Kier alpha value is 0.880. The van der Waals surface area contributed by atoms with Crippen molar-refractivity contribution in [2.24, 2.45) is 0 Å². The van der Waals surface area contributed by atoms with Gasteiger partial charge in [0, 0.05) is 5.56 Å². The van der Waals surface area contributed by atoms with E-state index in [0.717, 1.165) is 5.75 Å². The first kappa shape index (κ1) is 12.9. The Balaban J connectivity index is 2.93. The summed E-state index contributed by atoms with van der Waals surface area (Å²) in [5.74, 6) is 0.879. The van der Waals surface area contributed by atoms with Crippen molar-refractivity contribution in [3.05, 3.63) is 29.8 Å². The molecule has 5 heteroatoms. The van der Waals surface area contributed by atoms with Crippen LogP contribution in [-0.2, 0) is 0 Å². The molecule has 0 bridgehead atoms. The molecule has 0 N–H and O–H groups in total. The van der Waals surface area contributed by atoms with Gasteiger partial charge < -0.3 is 4.74 Å². The fourth-order valence-corrected chi connectivity index (χ4v) is 1.84. The molecule has 0 fully saturated rings. The van der Waals surface area contributed by atoms with Crippen molar-refractivity contribution in [1.29, 1.82) is 0 Å². The quantitative estimate of drug-likeness (QED) is 0.339. The molecule has 0 atom stereocenters. The van der Waals surface area contributed by atoms with Crippen LogP contribution in [0.4, 0.5) is 0 Å². The maximum Gasteiger partial charge on any atom is 0.198 e. The van der Waals surface area contributed by atoms with E-state index in [9.17, 15) is 4.79 Å². The van der Waals surface area contributed by atoms with Gasteiger partial charge in [0.1, 0.15) is 5.75 Å². The average molecular weight is 528 g/mol. The zero-order valence-electron chi connectivity index (χ0n) is 7.26. The van der Waals surface area contributed by atoms with E-state index in [1.54, 1.807) is 31.4 Å². The van der Waals surface area contributed by atoms with E-state index in [4.69, 9.17) is 4.74 Å². The second-order valence-electron chi connectivity index (χ2n) is 2.56. The number of methoxy groups -OCH3 is 1. The van der Waals surface area contributed by atoms with Gasteiger partial charge in [0.2, 0.25) is 0 Å². The van der Waals surface area contributed by atoms with Crippen LogP contribution in [0.5, 0.6) is 5.75 Å². The molecule has 1 aromatic rings.